The Morgan fingerprint density at radius 2 is 2.00 bits per heavy atom. The molecule has 6 heteroatoms. The van der Waals surface area contributed by atoms with E-state index in [9.17, 15) is 9.90 Å². The molecule has 116 valence electrons. The van der Waals surface area contributed by atoms with Crippen LogP contribution in [0.4, 0.5) is 5.69 Å². The number of carbonyl (C=O) groups is 1. The van der Waals surface area contributed by atoms with E-state index in [0.717, 1.165) is 25.9 Å². The third kappa shape index (κ3) is 3.62. The maximum Gasteiger partial charge on any atom is 0.230 e. The number of carbonyl (C=O) groups excluding carboxylic acids is 1. The average molecular weight is 331 g/mol. The van der Waals surface area contributed by atoms with Crippen LogP contribution in [-0.2, 0) is 4.79 Å². The van der Waals surface area contributed by atoms with Crippen molar-refractivity contribution in [2.45, 2.75) is 26.7 Å². The van der Waals surface area contributed by atoms with Crippen LogP contribution in [-0.4, -0.2) is 24.1 Å². The minimum atomic E-state index is -0.496. The van der Waals surface area contributed by atoms with Crippen molar-refractivity contribution in [1.29, 1.82) is 0 Å². The van der Waals surface area contributed by atoms with Crippen LogP contribution < -0.4 is 10.6 Å². The Kier molecular flexibility index (Phi) is 5.02. The van der Waals surface area contributed by atoms with E-state index in [4.69, 9.17) is 23.2 Å². The van der Waals surface area contributed by atoms with Crippen LogP contribution in [0.5, 0.6) is 5.75 Å². The van der Waals surface area contributed by atoms with Gasteiger partial charge in [-0.25, -0.2) is 0 Å². The van der Waals surface area contributed by atoms with Gasteiger partial charge >= 0.3 is 0 Å². The highest BCUT2D eigenvalue weighted by Gasteiger charge is 2.37. The Morgan fingerprint density at radius 3 is 2.52 bits per heavy atom. The third-order valence-corrected chi connectivity index (χ3v) is 4.75. The smallest absolute Gasteiger partial charge is 0.230 e. The molecule has 0 aromatic heterocycles. The van der Waals surface area contributed by atoms with E-state index in [-0.39, 0.29) is 27.6 Å². The van der Waals surface area contributed by atoms with Gasteiger partial charge in [-0.3, -0.25) is 4.79 Å². The molecule has 1 aromatic rings. The summed E-state index contributed by atoms with van der Waals surface area (Å²) < 4.78 is 0. The van der Waals surface area contributed by atoms with Crippen LogP contribution in [0.2, 0.25) is 10.0 Å². The van der Waals surface area contributed by atoms with Crippen LogP contribution in [0.1, 0.15) is 26.7 Å². The summed E-state index contributed by atoms with van der Waals surface area (Å²) in [4.78, 5) is 12.6. The lowest BCUT2D eigenvalue weighted by atomic mass is 9.74. The normalized spacial score (nSPS) is 19.3. The molecule has 2 rings (SSSR count). The van der Waals surface area contributed by atoms with Crippen molar-refractivity contribution in [3.63, 3.8) is 0 Å². The van der Waals surface area contributed by atoms with Crippen molar-refractivity contribution in [3.05, 3.63) is 22.2 Å². The number of piperidine rings is 1. The van der Waals surface area contributed by atoms with Crippen molar-refractivity contribution in [2.75, 3.05) is 18.4 Å². The van der Waals surface area contributed by atoms with E-state index in [0.29, 0.717) is 5.69 Å². The molecular weight excluding hydrogens is 311 g/mol. The number of hydrogen-bond donors (Lipinski definition) is 3. The maximum absolute atomic E-state index is 12.6. The van der Waals surface area contributed by atoms with E-state index >= 15 is 0 Å². The second-order valence-electron chi connectivity index (χ2n) is 6.01. The summed E-state index contributed by atoms with van der Waals surface area (Å²) in [6.45, 7) is 5.75. The van der Waals surface area contributed by atoms with Crippen molar-refractivity contribution in [3.8, 4) is 5.75 Å². The number of halogens is 2. The summed E-state index contributed by atoms with van der Waals surface area (Å²) in [5.41, 5.74) is -0.00536. The summed E-state index contributed by atoms with van der Waals surface area (Å²) >= 11 is 11.7. The summed E-state index contributed by atoms with van der Waals surface area (Å²) in [5.74, 6) is 0.0374. The van der Waals surface area contributed by atoms with E-state index in [2.05, 4.69) is 10.6 Å². The largest absolute Gasteiger partial charge is 0.505 e. The first-order valence-corrected chi connectivity index (χ1v) is 7.78. The molecule has 1 aromatic carbocycles. The Balaban J connectivity index is 2.13. The predicted octanol–water partition coefficient (Wildman–Crippen LogP) is 3.66. The fourth-order valence-electron chi connectivity index (χ4n) is 2.58. The second kappa shape index (κ2) is 6.42. The first kappa shape index (κ1) is 16.4. The molecule has 0 bridgehead atoms. The lowest BCUT2D eigenvalue weighted by molar-refractivity contribution is -0.127. The number of phenolic OH excluding ortho intramolecular Hbond substituents is 1. The molecule has 4 nitrogen and oxygen atoms in total. The minimum absolute atomic E-state index is 0.0750. The quantitative estimate of drug-likeness (QED) is 0.741. The number of nitrogens with one attached hydrogen (secondary N) is 2. The van der Waals surface area contributed by atoms with Crippen LogP contribution in [0.3, 0.4) is 0 Å². The van der Waals surface area contributed by atoms with Gasteiger partial charge in [-0.2, -0.15) is 0 Å². The van der Waals surface area contributed by atoms with Gasteiger partial charge in [0.15, 0.2) is 5.75 Å². The van der Waals surface area contributed by atoms with E-state index in [1.54, 1.807) is 0 Å². The standard InChI is InChI=1S/C15H20Cl2N2O2/c1-15(2,9-4-3-5-18-8-9)14(21)19-10-6-11(16)13(20)12(17)7-10/h6-7,9,18,20H,3-5,8H2,1-2H3,(H,19,21). The summed E-state index contributed by atoms with van der Waals surface area (Å²) in [7, 11) is 0. The number of anilines is 1. The van der Waals surface area contributed by atoms with Gasteiger partial charge in [-0.05, 0) is 44.0 Å². The molecule has 0 aliphatic carbocycles. The van der Waals surface area contributed by atoms with Gasteiger partial charge in [0.2, 0.25) is 5.91 Å². The third-order valence-electron chi connectivity index (χ3n) is 4.18. The van der Waals surface area contributed by atoms with Crippen molar-refractivity contribution in [2.24, 2.45) is 11.3 Å². The van der Waals surface area contributed by atoms with Gasteiger partial charge in [-0.1, -0.05) is 37.0 Å². The Morgan fingerprint density at radius 1 is 1.38 bits per heavy atom. The lowest BCUT2D eigenvalue weighted by Crippen LogP contribution is -2.44. The molecule has 0 spiro atoms. The summed E-state index contributed by atoms with van der Waals surface area (Å²) in [6.07, 6.45) is 2.11. The molecular formula is C15H20Cl2N2O2. The number of hydrogen-bond acceptors (Lipinski definition) is 3. The van der Waals surface area contributed by atoms with Crippen LogP contribution in [0.25, 0.3) is 0 Å². The van der Waals surface area contributed by atoms with Gasteiger partial charge in [0.1, 0.15) is 0 Å². The SMILES string of the molecule is CC(C)(C(=O)Nc1cc(Cl)c(O)c(Cl)c1)C1CCCNC1. The molecule has 21 heavy (non-hydrogen) atoms. The monoisotopic (exact) mass is 330 g/mol. The van der Waals surface area contributed by atoms with Crippen LogP contribution in [0, 0.1) is 11.3 Å². The second-order valence-corrected chi connectivity index (χ2v) is 6.82. The predicted molar refractivity (Wildman–Crippen MR) is 86.1 cm³/mol. The Hall–Kier alpha value is -0.970. The number of phenols is 1. The zero-order valence-electron chi connectivity index (χ0n) is 12.2. The fraction of sp³-hybridized carbons (Fsp3) is 0.533. The van der Waals surface area contributed by atoms with Gasteiger partial charge in [0.05, 0.1) is 10.0 Å². The molecule has 0 saturated carbocycles. The van der Waals surface area contributed by atoms with Gasteiger partial charge in [0.25, 0.3) is 0 Å². The van der Waals surface area contributed by atoms with Crippen molar-refractivity contribution in [1.82, 2.24) is 5.32 Å². The van der Waals surface area contributed by atoms with Gasteiger partial charge in [-0.15, -0.1) is 0 Å². The molecule has 1 aliphatic rings. The van der Waals surface area contributed by atoms with Crippen molar-refractivity contribution < 1.29 is 9.90 Å². The molecule has 1 fully saturated rings. The lowest BCUT2D eigenvalue weighted by Gasteiger charge is -2.36. The van der Waals surface area contributed by atoms with Gasteiger partial charge < -0.3 is 15.7 Å². The van der Waals surface area contributed by atoms with E-state index in [1.807, 2.05) is 13.8 Å². The zero-order chi connectivity index (χ0) is 15.6. The van der Waals surface area contributed by atoms with E-state index < -0.39 is 5.41 Å². The minimum Gasteiger partial charge on any atom is -0.505 e. The molecule has 0 radical (unpaired) electrons. The highest BCUT2D eigenvalue weighted by atomic mass is 35.5. The van der Waals surface area contributed by atoms with Crippen molar-refractivity contribution >= 4 is 34.8 Å². The average Bonchev–Trinajstić information content (AvgIpc) is 2.45. The summed E-state index contributed by atoms with van der Waals surface area (Å²) in [6, 6.07) is 2.99. The first-order valence-electron chi connectivity index (χ1n) is 7.02. The number of aromatic hydroxyl groups is 1. The maximum atomic E-state index is 12.6. The number of rotatable bonds is 3. The molecule has 1 aliphatic heterocycles. The molecule has 1 atom stereocenters. The topological polar surface area (TPSA) is 61.4 Å². The highest BCUT2D eigenvalue weighted by Crippen LogP contribution is 2.37. The molecule has 1 heterocycles. The Labute approximate surface area is 134 Å². The fourth-order valence-corrected chi connectivity index (χ4v) is 3.07. The molecule has 1 saturated heterocycles. The van der Waals surface area contributed by atoms with Crippen LogP contribution in [0.15, 0.2) is 12.1 Å². The summed E-state index contributed by atoms with van der Waals surface area (Å²) in [5, 5.41) is 16.0. The Bertz CT molecular complexity index is 517. The number of amides is 1. The molecule has 1 unspecified atom stereocenters. The molecule has 1 amide bonds. The molecule has 3 N–H and O–H groups in total. The van der Waals surface area contributed by atoms with Gasteiger partial charge in [0, 0.05) is 11.1 Å². The zero-order valence-corrected chi connectivity index (χ0v) is 13.7. The highest BCUT2D eigenvalue weighted by molar-refractivity contribution is 6.37. The first-order chi connectivity index (χ1) is 9.82. The van der Waals surface area contributed by atoms with E-state index in [1.165, 1.54) is 12.1 Å². The van der Waals surface area contributed by atoms with Crippen LogP contribution >= 0.6 is 23.2 Å². The number of benzene rings is 1.